The molecule has 0 fully saturated rings. The molecule has 1 aromatic carbocycles. The Morgan fingerprint density at radius 1 is 1.14 bits per heavy atom. The second-order valence-electron chi connectivity index (χ2n) is 8.41. The van der Waals surface area contributed by atoms with Gasteiger partial charge in [0.2, 0.25) is 11.8 Å². The molecule has 0 aliphatic rings. The van der Waals surface area contributed by atoms with Crippen molar-refractivity contribution in [2.45, 2.75) is 33.7 Å². The average molecular weight is 494 g/mol. The third-order valence-electron chi connectivity index (χ3n) is 5.79. The minimum absolute atomic E-state index is 0.00775. The van der Waals surface area contributed by atoms with Crippen LogP contribution in [0, 0.1) is 13.8 Å². The molecule has 0 aliphatic heterocycles. The number of aromatic nitrogens is 4. The summed E-state index contributed by atoms with van der Waals surface area (Å²) in [5, 5.41) is 9.65. The smallest absolute Gasteiger partial charge is 0.330 e. The van der Waals surface area contributed by atoms with Gasteiger partial charge in [0.25, 0.3) is 11.1 Å². The van der Waals surface area contributed by atoms with Crippen molar-refractivity contribution in [1.29, 1.82) is 0 Å². The van der Waals surface area contributed by atoms with Crippen LogP contribution in [0.5, 0.6) is 0 Å². The number of carbonyl (C=O) groups is 1. The highest BCUT2D eigenvalue weighted by molar-refractivity contribution is 6.02. The maximum Gasteiger partial charge on any atom is 0.330 e. The number of amides is 1. The van der Waals surface area contributed by atoms with Crippen LogP contribution in [0.2, 0.25) is 0 Å². The predicted octanol–water partition coefficient (Wildman–Crippen LogP) is 1.47. The van der Waals surface area contributed by atoms with Crippen molar-refractivity contribution < 1.29 is 9.21 Å². The number of hydrogen-bond donors (Lipinski definition) is 4. The van der Waals surface area contributed by atoms with Crippen molar-refractivity contribution in [3.05, 3.63) is 78.5 Å². The average Bonchev–Trinajstić information content (AvgIpc) is 3.16. The molecule has 0 aliphatic carbocycles. The minimum atomic E-state index is -0.694. The molecule has 0 radical (unpaired) electrons. The number of carbonyl (C=O) groups excluding carboxylic acids is 1. The number of nitrogens with two attached hydrogens (primary N) is 1. The number of nitrogens with zero attached hydrogens (tertiary/aromatic N) is 3. The molecule has 0 saturated carbocycles. The maximum absolute atomic E-state index is 13.0. The Balaban J connectivity index is 1.67. The SMILES string of the molecule is CCCN(CC(=O)Nc1oc(C)c2c(C)n[nH]c(=O)c12)c1c(N)n(Cc2ccccc2)c(=O)[nH]c1=O. The summed E-state index contributed by atoms with van der Waals surface area (Å²) in [6.07, 6.45) is 0.595. The van der Waals surface area contributed by atoms with Crippen LogP contribution < -0.4 is 32.8 Å². The fraction of sp³-hybridized carbons (Fsp3) is 0.292. The first-order chi connectivity index (χ1) is 17.2. The largest absolute Gasteiger partial charge is 0.444 e. The molecule has 36 heavy (non-hydrogen) atoms. The first-order valence-electron chi connectivity index (χ1n) is 11.4. The number of hydrogen-bond acceptors (Lipinski definition) is 8. The highest BCUT2D eigenvalue weighted by Gasteiger charge is 2.23. The van der Waals surface area contributed by atoms with Crippen LogP contribution in [-0.2, 0) is 11.3 Å². The molecule has 4 rings (SSSR count). The molecule has 1 amide bonds. The van der Waals surface area contributed by atoms with Gasteiger partial charge in [0, 0.05) is 6.54 Å². The Labute approximate surface area is 204 Å². The zero-order valence-electron chi connectivity index (χ0n) is 20.2. The number of nitrogens with one attached hydrogen (secondary N) is 3. The van der Waals surface area contributed by atoms with Crippen molar-refractivity contribution in [3.63, 3.8) is 0 Å². The molecule has 4 aromatic rings. The Morgan fingerprint density at radius 2 is 1.86 bits per heavy atom. The zero-order chi connectivity index (χ0) is 26.0. The number of anilines is 3. The molecular weight excluding hydrogens is 466 g/mol. The van der Waals surface area contributed by atoms with E-state index in [-0.39, 0.29) is 35.9 Å². The highest BCUT2D eigenvalue weighted by Crippen LogP contribution is 2.28. The van der Waals surface area contributed by atoms with E-state index in [0.717, 1.165) is 5.56 Å². The van der Waals surface area contributed by atoms with Crippen LogP contribution in [0.4, 0.5) is 17.4 Å². The second kappa shape index (κ2) is 9.94. The topological polar surface area (TPSA) is 172 Å². The lowest BCUT2D eigenvalue weighted by Crippen LogP contribution is -2.42. The van der Waals surface area contributed by atoms with E-state index in [4.69, 9.17) is 10.2 Å². The number of benzene rings is 1. The lowest BCUT2D eigenvalue weighted by molar-refractivity contribution is -0.115. The van der Waals surface area contributed by atoms with Gasteiger partial charge in [-0.05, 0) is 25.8 Å². The standard InChI is InChI=1S/C24H27N7O5/c1-4-10-30(12-16(32)26-23-18-17(14(3)36-23)13(2)28-29-21(18)33)19-20(25)31(24(35)27-22(19)34)11-15-8-6-5-7-9-15/h5-9H,4,10-12,25H2,1-3H3,(H,26,32)(H,29,33)(H,27,34,35). The van der Waals surface area contributed by atoms with Gasteiger partial charge in [-0.15, -0.1) is 0 Å². The lowest BCUT2D eigenvalue weighted by atomic mass is 10.2. The number of rotatable bonds is 8. The number of aromatic amines is 2. The van der Waals surface area contributed by atoms with Gasteiger partial charge in [0.1, 0.15) is 22.7 Å². The van der Waals surface area contributed by atoms with E-state index in [2.05, 4.69) is 20.5 Å². The normalized spacial score (nSPS) is 11.1. The van der Waals surface area contributed by atoms with Gasteiger partial charge in [-0.3, -0.25) is 29.3 Å². The Hall–Kier alpha value is -4.61. The second-order valence-corrected chi connectivity index (χ2v) is 8.41. The number of H-pyrrole nitrogens is 2. The monoisotopic (exact) mass is 493 g/mol. The summed E-state index contributed by atoms with van der Waals surface area (Å²) in [5.41, 5.74) is 5.85. The maximum atomic E-state index is 13.0. The van der Waals surface area contributed by atoms with Crippen molar-refractivity contribution in [2.24, 2.45) is 0 Å². The van der Waals surface area contributed by atoms with Crippen LogP contribution in [0.1, 0.15) is 30.4 Å². The summed E-state index contributed by atoms with van der Waals surface area (Å²) in [5.74, 6) is -0.152. The van der Waals surface area contributed by atoms with Gasteiger partial charge in [-0.25, -0.2) is 9.89 Å². The molecule has 0 spiro atoms. The molecule has 5 N–H and O–H groups in total. The Morgan fingerprint density at radius 3 is 2.56 bits per heavy atom. The first-order valence-corrected chi connectivity index (χ1v) is 11.4. The fourth-order valence-electron chi connectivity index (χ4n) is 4.22. The van der Waals surface area contributed by atoms with E-state index in [1.165, 1.54) is 9.47 Å². The Kier molecular flexibility index (Phi) is 6.77. The van der Waals surface area contributed by atoms with E-state index < -0.39 is 22.7 Å². The van der Waals surface area contributed by atoms with Crippen LogP contribution >= 0.6 is 0 Å². The summed E-state index contributed by atoms with van der Waals surface area (Å²) in [4.78, 5) is 54.5. The quantitative estimate of drug-likeness (QED) is 0.286. The van der Waals surface area contributed by atoms with Gasteiger partial charge in [0.05, 0.1) is 24.2 Å². The summed E-state index contributed by atoms with van der Waals surface area (Å²) in [7, 11) is 0. The number of fused-ring (bicyclic) bond motifs is 1. The van der Waals surface area contributed by atoms with E-state index in [0.29, 0.717) is 29.8 Å². The van der Waals surface area contributed by atoms with Gasteiger partial charge in [-0.2, -0.15) is 5.10 Å². The van der Waals surface area contributed by atoms with Crippen LogP contribution in [0.25, 0.3) is 10.8 Å². The van der Waals surface area contributed by atoms with Crippen molar-refractivity contribution in [3.8, 4) is 0 Å². The molecule has 3 heterocycles. The van der Waals surface area contributed by atoms with Gasteiger partial charge in [0.15, 0.2) is 0 Å². The van der Waals surface area contributed by atoms with Crippen molar-refractivity contribution >= 4 is 34.1 Å². The summed E-state index contributed by atoms with van der Waals surface area (Å²) in [6.45, 7) is 5.46. The first kappa shape index (κ1) is 24.5. The zero-order valence-corrected chi connectivity index (χ0v) is 20.2. The molecule has 188 valence electrons. The van der Waals surface area contributed by atoms with Gasteiger partial charge < -0.3 is 15.1 Å². The van der Waals surface area contributed by atoms with E-state index >= 15 is 0 Å². The molecular formula is C24H27N7O5. The third-order valence-corrected chi connectivity index (χ3v) is 5.79. The molecule has 0 saturated heterocycles. The summed E-state index contributed by atoms with van der Waals surface area (Å²) in [6, 6.07) is 9.19. The van der Waals surface area contributed by atoms with Gasteiger partial charge >= 0.3 is 5.69 Å². The number of nitrogen functional groups attached to an aromatic ring is 1. The molecule has 3 aromatic heterocycles. The lowest BCUT2D eigenvalue weighted by Gasteiger charge is -2.25. The van der Waals surface area contributed by atoms with Crippen LogP contribution in [-0.4, -0.2) is 38.7 Å². The van der Waals surface area contributed by atoms with Crippen LogP contribution in [0.15, 0.2) is 49.1 Å². The van der Waals surface area contributed by atoms with Crippen LogP contribution in [0.3, 0.4) is 0 Å². The third kappa shape index (κ3) is 4.65. The number of aryl methyl sites for hydroxylation is 2. The predicted molar refractivity (Wildman–Crippen MR) is 137 cm³/mol. The fourth-order valence-corrected chi connectivity index (χ4v) is 4.22. The van der Waals surface area contributed by atoms with E-state index in [1.54, 1.807) is 13.8 Å². The summed E-state index contributed by atoms with van der Waals surface area (Å²) < 4.78 is 6.90. The van der Waals surface area contributed by atoms with Gasteiger partial charge in [-0.1, -0.05) is 37.3 Å². The Bertz CT molecular complexity index is 1600. The molecule has 0 atom stereocenters. The molecule has 0 bridgehead atoms. The highest BCUT2D eigenvalue weighted by atomic mass is 16.4. The molecule has 12 nitrogen and oxygen atoms in total. The summed E-state index contributed by atoms with van der Waals surface area (Å²) >= 11 is 0. The van der Waals surface area contributed by atoms with E-state index in [1.807, 2.05) is 37.3 Å². The van der Waals surface area contributed by atoms with Crippen molar-refractivity contribution in [1.82, 2.24) is 19.7 Å². The van der Waals surface area contributed by atoms with Crippen molar-refractivity contribution in [2.75, 3.05) is 29.0 Å². The van der Waals surface area contributed by atoms with E-state index in [9.17, 15) is 19.2 Å². The minimum Gasteiger partial charge on any atom is -0.444 e. The number of furan rings is 1. The molecule has 12 heteroatoms. The molecule has 0 unspecified atom stereocenters.